The van der Waals surface area contributed by atoms with E-state index in [2.05, 4.69) is 4.99 Å². The van der Waals surface area contributed by atoms with Gasteiger partial charge in [-0.25, -0.2) is 0 Å². The van der Waals surface area contributed by atoms with Gasteiger partial charge in [-0.3, -0.25) is 4.99 Å². The van der Waals surface area contributed by atoms with Crippen LogP contribution >= 0.6 is 0 Å². The SMILES string of the molecule is NC(N)=NCCCCCCCCCCCCCCCCCCCO. The molecule has 0 bridgehead atoms. The number of rotatable bonds is 19. The molecule has 0 unspecified atom stereocenters. The predicted octanol–water partition coefficient (Wildman–Crippen LogP) is 4.88. The summed E-state index contributed by atoms with van der Waals surface area (Å²) in [5.74, 6) is 0.216. The lowest BCUT2D eigenvalue weighted by atomic mass is 10.0. The third-order valence-corrected chi connectivity index (χ3v) is 4.61. The molecule has 4 heteroatoms. The number of guanidine groups is 1. The van der Waals surface area contributed by atoms with E-state index < -0.39 is 0 Å². The van der Waals surface area contributed by atoms with E-state index in [0.717, 1.165) is 19.4 Å². The molecule has 0 aliphatic heterocycles. The van der Waals surface area contributed by atoms with Crippen molar-refractivity contribution in [3.05, 3.63) is 0 Å². The third-order valence-electron chi connectivity index (χ3n) is 4.61. The first-order valence-corrected chi connectivity index (χ1v) is 10.4. The summed E-state index contributed by atoms with van der Waals surface area (Å²) in [4.78, 5) is 4.00. The van der Waals surface area contributed by atoms with E-state index in [4.69, 9.17) is 16.6 Å². The molecule has 0 atom stereocenters. The van der Waals surface area contributed by atoms with Gasteiger partial charge in [0.2, 0.25) is 0 Å². The van der Waals surface area contributed by atoms with Gasteiger partial charge in [0.1, 0.15) is 0 Å². The van der Waals surface area contributed by atoms with Crippen LogP contribution in [0.4, 0.5) is 0 Å². The monoisotopic (exact) mass is 341 g/mol. The molecule has 0 aromatic carbocycles. The summed E-state index contributed by atoms with van der Waals surface area (Å²) in [7, 11) is 0. The molecular formula is C20H43N3O. The van der Waals surface area contributed by atoms with Crippen molar-refractivity contribution in [3.63, 3.8) is 0 Å². The van der Waals surface area contributed by atoms with E-state index in [0.29, 0.717) is 6.61 Å². The molecule has 0 amide bonds. The molecule has 0 saturated heterocycles. The normalized spacial score (nSPS) is 10.9. The molecule has 0 aliphatic carbocycles. The predicted molar refractivity (Wildman–Crippen MR) is 106 cm³/mol. The van der Waals surface area contributed by atoms with Crippen LogP contribution in [0, 0.1) is 0 Å². The second-order valence-electron chi connectivity index (χ2n) is 7.04. The molecule has 0 rings (SSSR count). The number of aliphatic hydroxyl groups is 1. The summed E-state index contributed by atoms with van der Waals surface area (Å²) in [6, 6.07) is 0. The molecule has 0 aliphatic rings. The second-order valence-corrected chi connectivity index (χ2v) is 7.04. The molecule has 0 fully saturated rings. The smallest absolute Gasteiger partial charge is 0.185 e. The van der Waals surface area contributed by atoms with Gasteiger partial charge in [-0.15, -0.1) is 0 Å². The van der Waals surface area contributed by atoms with E-state index in [9.17, 15) is 0 Å². The highest BCUT2D eigenvalue weighted by Gasteiger charge is 1.95. The third kappa shape index (κ3) is 21.2. The lowest BCUT2D eigenvalue weighted by Crippen LogP contribution is -2.22. The Morgan fingerprint density at radius 3 is 1.08 bits per heavy atom. The van der Waals surface area contributed by atoms with E-state index in [1.807, 2.05) is 0 Å². The van der Waals surface area contributed by atoms with Gasteiger partial charge in [0.05, 0.1) is 0 Å². The van der Waals surface area contributed by atoms with E-state index in [1.54, 1.807) is 0 Å². The molecule has 0 saturated carbocycles. The Kier molecular flexibility index (Phi) is 19.6. The van der Waals surface area contributed by atoms with Crippen molar-refractivity contribution in [3.8, 4) is 0 Å². The first-order chi connectivity index (χ1) is 11.8. The zero-order valence-corrected chi connectivity index (χ0v) is 16.0. The van der Waals surface area contributed by atoms with Crippen molar-refractivity contribution < 1.29 is 5.11 Å². The average molecular weight is 342 g/mol. The van der Waals surface area contributed by atoms with Crippen molar-refractivity contribution in [2.75, 3.05) is 13.2 Å². The van der Waals surface area contributed by atoms with Crippen LogP contribution in [0.1, 0.15) is 109 Å². The molecule has 24 heavy (non-hydrogen) atoms. The minimum atomic E-state index is 0.216. The summed E-state index contributed by atoms with van der Waals surface area (Å²) < 4.78 is 0. The zero-order valence-electron chi connectivity index (χ0n) is 16.0. The van der Waals surface area contributed by atoms with Crippen molar-refractivity contribution in [1.82, 2.24) is 0 Å². The number of nitrogens with two attached hydrogens (primary N) is 2. The molecular weight excluding hydrogens is 298 g/mol. The highest BCUT2D eigenvalue weighted by atomic mass is 16.2. The van der Waals surface area contributed by atoms with Crippen molar-refractivity contribution in [1.29, 1.82) is 0 Å². The molecule has 0 aromatic heterocycles. The van der Waals surface area contributed by atoms with Crippen LogP contribution in [-0.2, 0) is 0 Å². The number of unbranched alkanes of at least 4 members (excludes halogenated alkanes) is 16. The van der Waals surface area contributed by atoms with Crippen molar-refractivity contribution >= 4 is 5.96 Å². The maximum Gasteiger partial charge on any atom is 0.185 e. The Labute approximate surface area is 150 Å². The van der Waals surface area contributed by atoms with E-state index >= 15 is 0 Å². The largest absolute Gasteiger partial charge is 0.396 e. The second kappa shape index (κ2) is 20.3. The van der Waals surface area contributed by atoms with Crippen LogP contribution in [0.25, 0.3) is 0 Å². The van der Waals surface area contributed by atoms with Crippen LogP contribution in [0.5, 0.6) is 0 Å². The van der Waals surface area contributed by atoms with Gasteiger partial charge >= 0.3 is 0 Å². The first-order valence-electron chi connectivity index (χ1n) is 10.4. The van der Waals surface area contributed by atoms with Gasteiger partial charge in [-0.2, -0.15) is 0 Å². The molecule has 0 heterocycles. The van der Waals surface area contributed by atoms with Gasteiger partial charge in [0.25, 0.3) is 0 Å². The number of aliphatic imine (C=N–C) groups is 1. The van der Waals surface area contributed by atoms with Crippen LogP contribution in [0.15, 0.2) is 4.99 Å². The van der Waals surface area contributed by atoms with E-state index in [-0.39, 0.29) is 5.96 Å². The molecule has 0 aromatic rings. The Hall–Kier alpha value is -0.770. The Morgan fingerprint density at radius 1 is 0.500 bits per heavy atom. The van der Waals surface area contributed by atoms with Crippen molar-refractivity contribution in [2.24, 2.45) is 16.5 Å². The number of nitrogens with zero attached hydrogens (tertiary/aromatic N) is 1. The number of hydrogen-bond donors (Lipinski definition) is 3. The van der Waals surface area contributed by atoms with Crippen LogP contribution in [0.2, 0.25) is 0 Å². The fourth-order valence-electron chi connectivity index (χ4n) is 3.08. The topological polar surface area (TPSA) is 84.6 Å². The molecule has 4 nitrogen and oxygen atoms in total. The highest BCUT2D eigenvalue weighted by molar-refractivity contribution is 5.75. The van der Waals surface area contributed by atoms with Crippen LogP contribution < -0.4 is 11.5 Å². The highest BCUT2D eigenvalue weighted by Crippen LogP contribution is 2.13. The van der Waals surface area contributed by atoms with Crippen LogP contribution in [-0.4, -0.2) is 24.2 Å². The van der Waals surface area contributed by atoms with E-state index in [1.165, 1.54) is 96.3 Å². The fraction of sp³-hybridized carbons (Fsp3) is 0.950. The maximum atomic E-state index is 8.71. The molecule has 144 valence electrons. The minimum Gasteiger partial charge on any atom is -0.396 e. The molecule has 5 N–H and O–H groups in total. The Bertz CT molecular complexity index is 266. The average Bonchev–Trinajstić information content (AvgIpc) is 2.56. The lowest BCUT2D eigenvalue weighted by Gasteiger charge is -2.03. The maximum absolute atomic E-state index is 8.71. The Balaban J connectivity index is 2.99. The summed E-state index contributed by atoms with van der Waals surface area (Å²) in [5, 5.41) is 8.71. The van der Waals surface area contributed by atoms with Gasteiger partial charge < -0.3 is 16.6 Å². The Morgan fingerprint density at radius 2 is 0.792 bits per heavy atom. The number of aliphatic hydroxyl groups excluding tert-OH is 1. The van der Waals surface area contributed by atoms with Gasteiger partial charge in [0.15, 0.2) is 5.96 Å². The first kappa shape index (κ1) is 23.2. The lowest BCUT2D eigenvalue weighted by molar-refractivity contribution is 0.282. The fourth-order valence-corrected chi connectivity index (χ4v) is 3.08. The van der Waals surface area contributed by atoms with Gasteiger partial charge in [-0.05, 0) is 12.8 Å². The quantitative estimate of drug-likeness (QED) is 0.178. The van der Waals surface area contributed by atoms with Gasteiger partial charge in [-0.1, -0.05) is 96.3 Å². The molecule has 0 spiro atoms. The van der Waals surface area contributed by atoms with Crippen molar-refractivity contribution in [2.45, 2.75) is 109 Å². The van der Waals surface area contributed by atoms with Crippen LogP contribution in [0.3, 0.4) is 0 Å². The summed E-state index contributed by atoms with van der Waals surface area (Å²) in [6.07, 6.45) is 22.5. The minimum absolute atomic E-state index is 0.216. The summed E-state index contributed by atoms with van der Waals surface area (Å²) >= 11 is 0. The number of hydrogen-bond acceptors (Lipinski definition) is 2. The summed E-state index contributed by atoms with van der Waals surface area (Å²) in [6.45, 7) is 1.14. The standard InChI is InChI=1S/C20H43N3O/c21-20(22)23-18-16-14-12-10-8-6-4-2-1-3-5-7-9-11-13-15-17-19-24/h24H,1-19H2,(H4,21,22,23). The van der Waals surface area contributed by atoms with Gasteiger partial charge in [0, 0.05) is 13.2 Å². The summed E-state index contributed by atoms with van der Waals surface area (Å²) in [5.41, 5.74) is 10.6. The molecule has 0 radical (unpaired) electrons. The zero-order chi connectivity index (χ0) is 17.7.